The molecule has 0 saturated heterocycles. The van der Waals surface area contributed by atoms with Gasteiger partial charge in [0, 0.05) is 0 Å². The van der Waals surface area contributed by atoms with Crippen molar-refractivity contribution in [2.75, 3.05) is 7.11 Å². The third-order valence-electron chi connectivity index (χ3n) is 3.14. The maximum atomic E-state index is 12.1. The molecule has 1 aromatic rings. The van der Waals surface area contributed by atoms with Gasteiger partial charge >= 0.3 is 11.9 Å². The maximum Gasteiger partial charge on any atom is 0.342 e. The SMILES string of the molecule is CCC(C)OC(=O)C(=Cc1ccc(OC)cc1)C(=O)CC(=O)O. The molecule has 0 aliphatic carbocycles. The molecule has 1 unspecified atom stereocenters. The predicted molar refractivity (Wildman–Crippen MR) is 84.1 cm³/mol. The molecule has 0 amide bonds. The average molecular weight is 320 g/mol. The molecule has 6 nitrogen and oxygen atoms in total. The van der Waals surface area contributed by atoms with Crippen LogP contribution in [0.2, 0.25) is 0 Å². The van der Waals surface area contributed by atoms with Gasteiger partial charge in [0.2, 0.25) is 0 Å². The van der Waals surface area contributed by atoms with Crippen molar-refractivity contribution in [3.05, 3.63) is 35.4 Å². The first-order chi connectivity index (χ1) is 10.9. The summed E-state index contributed by atoms with van der Waals surface area (Å²) in [6.07, 6.45) is 0.793. The van der Waals surface area contributed by atoms with Crippen LogP contribution in [0.3, 0.4) is 0 Å². The molecule has 0 bridgehead atoms. The Kier molecular flexibility index (Phi) is 6.99. The minimum atomic E-state index is -1.30. The topological polar surface area (TPSA) is 89.9 Å². The number of methoxy groups -OCH3 is 1. The van der Waals surface area contributed by atoms with E-state index < -0.39 is 24.1 Å². The lowest BCUT2D eigenvalue weighted by Gasteiger charge is -2.12. The molecule has 1 N–H and O–H groups in total. The fraction of sp³-hybridized carbons (Fsp3) is 0.353. The number of carbonyl (C=O) groups excluding carboxylic acids is 2. The van der Waals surface area contributed by atoms with E-state index in [-0.39, 0.29) is 11.7 Å². The van der Waals surface area contributed by atoms with Crippen molar-refractivity contribution in [1.82, 2.24) is 0 Å². The largest absolute Gasteiger partial charge is 0.497 e. The van der Waals surface area contributed by atoms with E-state index in [9.17, 15) is 14.4 Å². The summed E-state index contributed by atoms with van der Waals surface area (Å²) in [5.74, 6) is -2.28. The van der Waals surface area contributed by atoms with E-state index in [1.807, 2.05) is 6.92 Å². The molecule has 0 aliphatic rings. The van der Waals surface area contributed by atoms with Crippen LogP contribution in [0.25, 0.3) is 6.08 Å². The Bertz CT molecular complexity index is 600. The summed E-state index contributed by atoms with van der Waals surface area (Å²) >= 11 is 0. The molecule has 23 heavy (non-hydrogen) atoms. The van der Waals surface area contributed by atoms with Crippen LogP contribution >= 0.6 is 0 Å². The van der Waals surface area contributed by atoms with Crippen molar-refractivity contribution in [2.45, 2.75) is 32.8 Å². The van der Waals surface area contributed by atoms with Crippen molar-refractivity contribution < 1.29 is 29.0 Å². The molecule has 0 aliphatic heterocycles. The second-order valence-corrected chi connectivity index (χ2v) is 4.95. The number of benzene rings is 1. The van der Waals surface area contributed by atoms with Gasteiger partial charge < -0.3 is 14.6 Å². The number of hydrogen-bond donors (Lipinski definition) is 1. The van der Waals surface area contributed by atoms with E-state index in [0.717, 1.165) is 0 Å². The number of carbonyl (C=O) groups is 3. The summed E-state index contributed by atoms with van der Waals surface area (Å²) in [6.45, 7) is 3.54. The highest BCUT2D eigenvalue weighted by atomic mass is 16.5. The third kappa shape index (κ3) is 5.94. The lowest BCUT2D eigenvalue weighted by atomic mass is 10.0. The number of esters is 1. The zero-order valence-electron chi connectivity index (χ0n) is 13.4. The average Bonchev–Trinajstić information content (AvgIpc) is 2.52. The second-order valence-electron chi connectivity index (χ2n) is 4.95. The summed E-state index contributed by atoms with van der Waals surface area (Å²) in [5, 5.41) is 8.76. The summed E-state index contributed by atoms with van der Waals surface area (Å²) in [4.78, 5) is 34.9. The van der Waals surface area contributed by atoms with Gasteiger partial charge in [-0.15, -0.1) is 0 Å². The zero-order valence-corrected chi connectivity index (χ0v) is 13.4. The monoisotopic (exact) mass is 320 g/mol. The van der Waals surface area contributed by atoms with Crippen molar-refractivity contribution in [2.24, 2.45) is 0 Å². The summed E-state index contributed by atoms with van der Waals surface area (Å²) in [6, 6.07) is 6.66. The number of carboxylic acids is 1. The number of hydrogen-bond acceptors (Lipinski definition) is 5. The molecule has 124 valence electrons. The molecule has 0 saturated carbocycles. The first-order valence-corrected chi connectivity index (χ1v) is 7.19. The van der Waals surface area contributed by atoms with Gasteiger partial charge in [-0.3, -0.25) is 9.59 Å². The van der Waals surface area contributed by atoms with E-state index in [0.29, 0.717) is 17.7 Å². The second kappa shape index (κ2) is 8.73. The molecule has 0 heterocycles. The number of rotatable bonds is 8. The number of carboxylic acid groups (broad SMARTS) is 1. The molecular formula is C17H20O6. The standard InChI is InChI=1S/C17H20O6/c1-4-11(2)23-17(21)14(15(18)10-16(19)20)9-12-5-7-13(22-3)8-6-12/h5-9,11H,4,10H2,1-3H3,(H,19,20). The Morgan fingerprint density at radius 1 is 1.22 bits per heavy atom. The fourth-order valence-electron chi connectivity index (χ4n) is 1.68. The Morgan fingerprint density at radius 3 is 2.30 bits per heavy atom. The molecule has 0 fully saturated rings. The minimum Gasteiger partial charge on any atom is -0.497 e. The quantitative estimate of drug-likeness (QED) is 0.342. The van der Waals surface area contributed by atoms with E-state index >= 15 is 0 Å². The minimum absolute atomic E-state index is 0.280. The van der Waals surface area contributed by atoms with Crippen molar-refractivity contribution in [3.8, 4) is 5.75 Å². The van der Waals surface area contributed by atoms with Gasteiger partial charge in [-0.2, -0.15) is 0 Å². The van der Waals surface area contributed by atoms with E-state index in [1.54, 1.807) is 31.2 Å². The molecular weight excluding hydrogens is 300 g/mol. The van der Waals surface area contributed by atoms with Crippen LogP contribution in [0, 0.1) is 0 Å². The maximum absolute atomic E-state index is 12.1. The smallest absolute Gasteiger partial charge is 0.342 e. The van der Waals surface area contributed by atoms with Crippen LogP contribution < -0.4 is 4.74 Å². The first kappa shape index (κ1) is 18.4. The van der Waals surface area contributed by atoms with Crippen LogP contribution in [0.1, 0.15) is 32.3 Å². The molecule has 0 spiro atoms. The Balaban J connectivity index is 3.10. The highest BCUT2D eigenvalue weighted by Crippen LogP contribution is 2.16. The highest BCUT2D eigenvalue weighted by molar-refractivity contribution is 6.23. The third-order valence-corrected chi connectivity index (χ3v) is 3.14. The van der Waals surface area contributed by atoms with Gasteiger partial charge in [0.15, 0.2) is 5.78 Å². The highest BCUT2D eigenvalue weighted by Gasteiger charge is 2.23. The fourth-order valence-corrected chi connectivity index (χ4v) is 1.68. The summed E-state index contributed by atoms with van der Waals surface area (Å²) in [5.41, 5.74) is 0.290. The number of ketones is 1. The van der Waals surface area contributed by atoms with Crippen LogP contribution in [0.4, 0.5) is 0 Å². The van der Waals surface area contributed by atoms with Crippen LogP contribution in [-0.4, -0.2) is 36.0 Å². The Morgan fingerprint density at radius 2 is 1.83 bits per heavy atom. The Hall–Kier alpha value is -2.63. The molecule has 1 aromatic carbocycles. The predicted octanol–water partition coefficient (Wildman–Crippen LogP) is 2.46. The number of ether oxygens (including phenoxy) is 2. The summed E-state index contributed by atoms with van der Waals surface area (Å²) < 4.78 is 10.2. The normalized spacial score (nSPS) is 12.4. The van der Waals surface area contributed by atoms with Gasteiger partial charge in [-0.1, -0.05) is 19.1 Å². The molecule has 6 heteroatoms. The molecule has 0 radical (unpaired) electrons. The van der Waals surface area contributed by atoms with E-state index in [2.05, 4.69) is 0 Å². The number of aliphatic carboxylic acids is 1. The molecule has 0 aromatic heterocycles. The van der Waals surface area contributed by atoms with Crippen molar-refractivity contribution >= 4 is 23.8 Å². The van der Waals surface area contributed by atoms with E-state index in [1.165, 1.54) is 13.2 Å². The Labute approximate surface area is 134 Å². The van der Waals surface area contributed by atoms with E-state index in [4.69, 9.17) is 14.6 Å². The van der Waals surface area contributed by atoms with Gasteiger partial charge in [0.25, 0.3) is 0 Å². The lowest BCUT2D eigenvalue weighted by molar-refractivity contribution is -0.145. The summed E-state index contributed by atoms with van der Waals surface area (Å²) in [7, 11) is 1.52. The van der Waals surface area contributed by atoms with Gasteiger partial charge in [-0.25, -0.2) is 4.79 Å². The van der Waals surface area contributed by atoms with Crippen molar-refractivity contribution in [3.63, 3.8) is 0 Å². The first-order valence-electron chi connectivity index (χ1n) is 7.19. The van der Waals surface area contributed by atoms with Crippen LogP contribution in [0.15, 0.2) is 29.8 Å². The molecule has 1 atom stereocenters. The van der Waals surface area contributed by atoms with Gasteiger partial charge in [0.1, 0.15) is 17.7 Å². The van der Waals surface area contributed by atoms with Crippen molar-refractivity contribution in [1.29, 1.82) is 0 Å². The van der Waals surface area contributed by atoms with Crippen LogP contribution in [-0.2, 0) is 19.1 Å². The van der Waals surface area contributed by atoms with Gasteiger partial charge in [-0.05, 0) is 37.1 Å². The van der Waals surface area contributed by atoms with Gasteiger partial charge in [0.05, 0.1) is 13.2 Å². The zero-order chi connectivity index (χ0) is 17.4. The lowest BCUT2D eigenvalue weighted by Crippen LogP contribution is -2.22. The molecule has 1 rings (SSSR count). The van der Waals surface area contributed by atoms with Crippen LogP contribution in [0.5, 0.6) is 5.75 Å². The number of Topliss-reactive ketones (excluding diaryl/α,β-unsaturated/α-hetero) is 1.